The largest absolute Gasteiger partial charge is 0.494 e. The lowest BCUT2D eigenvalue weighted by atomic mass is 9.98. The number of rotatable bonds is 6. The van der Waals surface area contributed by atoms with Crippen LogP contribution in [0.4, 0.5) is 8.78 Å². The molecule has 0 aliphatic rings. The van der Waals surface area contributed by atoms with Crippen LogP contribution in [0, 0.1) is 11.6 Å². The van der Waals surface area contributed by atoms with E-state index >= 15 is 0 Å². The minimum absolute atomic E-state index is 0.194. The van der Waals surface area contributed by atoms with Gasteiger partial charge in [-0.25, -0.2) is 8.78 Å². The Balaban J connectivity index is 2.22. The molecule has 0 amide bonds. The summed E-state index contributed by atoms with van der Waals surface area (Å²) < 4.78 is 31.9. The van der Waals surface area contributed by atoms with E-state index in [1.807, 2.05) is 24.3 Å². The summed E-state index contributed by atoms with van der Waals surface area (Å²) in [5.74, 6) is -0.867. The van der Waals surface area contributed by atoms with Crippen LogP contribution in [0.2, 0.25) is 0 Å². The highest BCUT2D eigenvalue weighted by atomic mass is 19.2. The summed E-state index contributed by atoms with van der Waals surface area (Å²) in [6.07, 6.45) is 0.954. The fourth-order valence-electron chi connectivity index (χ4n) is 2.19. The molecular weight excluding hydrogens is 272 g/mol. The van der Waals surface area contributed by atoms with Gasteiger partial charge in [-0.15, -0.1) is 0 Å². The summed E-state index contributed by atoms with van der Waals surface area (Å²) in [6.45, 7) is 2.73. The minimum atomic E-state index is -0.837. The van der Waals surface area contributed by atoms with Crippen LogP contribution in [0.1, 0.15) is 30.5 Å². The molecule has 0 saturated carbocycles. The summed E-state index contributed by atoms with van der Waals surface area (Å²) in [6, 6.07) is 11.4. The van der Waals surface area contributed by atoms with E-state index in [2.05, 4.69) is 12.2 Å². The van der Waals surface area contributed by atoms with Gasteiger partial charge in [-0.3, -0.25) is 0 Å². The molecule has 0 aliphatic heterocycles. The second-order valence-electron chi connectivity index (χ2n) is 4.81. The van der Waals surface area contributed by atoms with Crippen LogP contribution in [0.25, 0.3) is 0 Å². The highest BCUT2D eigenvalue weighted by Crippen LogP contribution is 2.25. The van der Waals surface area contributed by atoms with E-state index in [9.17, 15) is 8.78 Å². The molecule has 0 bridgehead atoms. The second-order valence-corrected chi connectivity index (χ2v) is 4.81. The molecule has 0 aromatic heterocycles. The Morgan fingerprint density at radius 3 is 2.24 bits per heavy atom. The van der Waals surface area contributed by atoms with Crippen LogP contribution >= 0.6 is 0 Å². The standard InChI is InChI=1S/C17H19F2NO/c1-3-10-21-14-7-4-12(5-8-14)17(20-2)13-6-9-15(18)16(19)11-13/h4-9,11,17,20H,3,10H2,1-2H3. The third kappa shape index (κ3) is 3.79. The van der Waals surface area contributed by atoms with Gasteiger partial charge in [0.2, 0.25) is 0 Å². The van der Waals surface area contributed by atoms with E-state index in [1.54, 1.807) is 13.1 Å². The lowest BCUT2D eigenvalue weighted by Gasteiger charge is -2.18. The van der Waals surface area contributed by atoms with Gasteiger partial charge in [-0.1, -0.05) is 25.1 Å². The van der Waals surface area contributed by atoms with E-state index in [0.29, 0.717) is 12.2 Å². The molecule has 0 spiro atoms. The Hall–Kier alpha value is -1.94. The van der Waals surface area contributed by atoms with Crippen molar-refractivity contribution in [2.24, 2.45) is 0 Å². The van der Waals surface area contributed by atoms with E-state index < -0.39 is 11.6 Å². The first kappa shape index (κ1) is 15.4. The molecule has 0 fully saturated rings. The lowest BCUT2D eigenvalue weighted by molar-refractivity contribution is 0.317. The molecule has 2 rings (SSSR count). The maximum absolute atomic E-state index is 13.4. The quantitative estimate of drug-likeness (QED) is 0.866. The van der Waals surface area contributed by atoms with Gasteiger partial charge in [-0.2, -0.15) is 0 Å². The number of halogens is 2. The van der Waals surface area contributed by atoms with Crippen LogP contribution in [0.15, 0.2) is 42.5 Å². The fourth-order valence-corrected chi connectivity index (χ4v) is 2.19. The summed E-state index contributed by atoms with van der Waals surface area (Å²) >= 11 is 0. The topological polar surface area (TPSA) is 21.3 Å². The number of nitrogens with one attached hydrogen (secondary N) is 1. The molecule has 0 saturated heterocycles. The second kappa shape index (κ2) is 7.18. The molecule has 2 aromatic carbocycles. The van der Waals surface area contributed by atoms with Crippen LogP contribution in [0.3, 0.4) is 0 Å². The summed E-state index contributed by atoms with van der Waals surface area (Å²) in [4.78, 5) is 0. The van der Waals surface area contributed by atoms with Gasteiger partial charge in [0.05, 0.1) is 12.6 Å². The SMILES string of the molecule is CCCOc1ccc(C(NC)c2ccc(F)c(F)c2)cc1. The van der Waals surface area contributed by atoms with E-state index in [1.165, 1.54) is 6.07 Å². The zero-order valence-electron chi connectivity index (χ0n) is 12.2. The van der Waals surface area contributed by atoms with Gasteiger partial charge >= 0.3 is 0 Å². The first-order valence-corrected chi connectivity index (χ1v) is 7.00. The van der Waals surface area contributed by atoms with Gasteiger partial charge in [-0.05, 0) is 48.9 Å². The molecule has 1 unspecified atom stereocenters. The number of ether oxygens (including phenoxy) is 1. The molecule has 1 atom stereocenters. The summed E-state index contributed by atoms with van der Waals surface area (Å²) in [5.41, 5.74) is 1.64. The highest BCUT2D eigenvalue weighted by Gasteiger charge is 2.14. The normalized spacial score (nSPS) is 12.2. The van der Waals surface area contributed by atoms with Crippen molar-refractivity contribution in [1.29, 1.82) is 0 Å². The Morgan fingerprint density at radius 2 is 1.67 bits per heavy atom. The third-order valence-electron chi connectivity index (χ3n) is 3.25. The van der Waals surface area contributed by atoms with E-state index in [4.69, 9.17) is 4.74 Å². The predicted molar refractivity (Wildman–Crippen MR) is 79.5 cm³/mol. The minimum Gasteiger partial charge on any atom is -0.494 e. The predicted octanol–water partition coefficient (Wildman–Crippen LogP) is 4.06. The molecule has 2 aromatic rings. The Bertz CT molecular complexity index is 584. The number of hydrogen-bond donors (Lipinski definition) is 1. The van der Waals surface area contributed by atoms with Crippen LogP contribution in [-0.4, -0.2) is 13.7 Å². The third-order valence-corrected chi connectivity index (χ3v) is 3.25. The average Bonchev–Trinajstić information content (AvgIpc) is 2.50. The van der Waals surface area contributed by atoms with Crippen molar-refractivity contribution < 1.29 is 13.5 Å². The Labute approximate surface area is 123 Å². The summed E-state index contributed by atoms with van der Waals surface area (Å²) in [5, 5.41) is 3.11. The van der Waals surface area contributed by atoms with Crippen molar-refractivity contribution in [2.45, 2.75) is 19.4 Å². The molecule has 1 N–H and O–H groups in total. The lowest BCUT2D eigenvalue weighted by Crippen LogP contribution is -2.18. The molecule has 2 nitrogen and oxygen atoms in total. The van der Waals surface area contributed by atoms with Crippen LogP contribution < -0.4 is 10.1 Å². The van der Waals surface area contributed by atoms with Gasteiger partial charge in [0.1, 0.15) is 5.75 Å². The van der Waals surface area contributed by atoms with Gasteiger partial charge in [0.15, 0.2) is 11.6 Å². The molecular formula is C17H19F2NO. The van der Waals surface area contributed by atoms with Crippen LogP contribution in [0.5, 0.6) is 5.75 Å². The first-order valence-electron chi connectivity index (χ1n) is 7.00. The molecule has 21 heavy (non-hydrogen) atoms. The first-order chi connectivity index (χ1) is 10.2. The van der Waals surface area contributed by atoms with Crippen LogP contribution in [-0.2, 0) is 0 Å². The fraction of sp³-hybridized carbons (Fsp3) is 0.294. The maximum Gasteiger partial charge on any atom is 0.159 e. The number of hydrogen-bond acceptors (Lipinski definition) is 2. The Morgan fingerprint density at radius 1 is 1.00 bits per heavy atom. The van der Waals surface area contributed by atoms with Crippen molar-refractivity contribution in [3.63, 3.8) is 0 Å². The van der Waals surface area contributed by atoms with Crippen molar-refractivity contribution in [3.05, 3.63) is 65.2 Å². The Kier molecular flexibility index (Phi) is 5.28. The van der Waals surface area contributed by atoms with Gasteiger partial charge < -0.3 is 10.1 Å². The molecule has 0 heterocycles. The smallest absolute Gasteiger partial charge is 0.159 e. The van der Waals surface area contributed by atoms with Gasteiger partial charge in [0.25, 0.3) is 0 Å². The van der Waals surface area contributed by atoms with E-state index in [0.717, 1.165) is 23.8 Å². The van der Waals surface area contributed by atoms with Crippen molar-refractivity contribution in [3.8, 4) is 5.75 Å². The molecule has 4 heteroatoms. The monoisotopic (exact) mass is 291 g/mol. The maximum atomic E-state index is 13.4. The zero-order valence-corrected chi connectivity index (χ0v) is 12.2. The average molecular weight is 291 g/mol. The van der Waals surface area contributed by atoms with Crippen molar-refractivity contribution in [1.82, 2.24) is 5.32 Å². The summed E-state index contributed by atoms with van der Waals surface area (Å²) in [7, 11) is 1.79. The van der Waals surface area contributed by atoms with Gasteiger partial charge in [0, 0.05) is 0 Å². The highest BCUT2D eigenvalue weighted by molar-refractivity contribution is 5.35. The van der Waals surface area contributed by atoms with Crippen molar-refractivity contribution in [2.75, 3.05) is 13.7 Å². The van der Waals surface area contributed by atoms with Crippen molar-refractivity contribution >= 4 is 0 Å². The molecule has 112 valence electrons. The molecule has 0 radical (unpaired) electrons. The molecule has 0 aliphatic carbocycles. The van der Waals surface area contributed by atoms with E-state index in [-0.39, 0.29) is 6.04 Å². The zero-order chi connectivity index (χ0) is 15.2. The number of benzene rings is 2.